The highest BCUT2D eigenvalue weighted by Crippen LogP contribution is 2.37. The fourth-order valence-corrected chi connectivity index (χ4v) is 3.06. The van der Waals surface area contributed by atoms with E-state index in [1.54, 1.807) is 18.4 Å². The summed E-state index contributed by atoms with van der Waals surface area (Å²) in [5.74, 6) is 0. The molecular formula is C14H27NO2SSi. The summed E-state index contributed by atoms with van der Waals surface area (Å²) in [6.07, 6.45) is 0. The molecule has 1 rings (SSSR count). The highest BCUT2D eigenvalue weighted by atomic mass is 32.1. The molecule has 0 bridgehead atoms. The summed E-state index contributed by atoms with van der Waals surface area (Å²) in [5.41, 5.74) is 0.690. The van der Waals surface area contributed by atoms with Gasteiger partial charge in [0.2, 0.25) is 0 Å². The van der Waals surface area contributed by atoms with Gasteiger partial charge in [0, 0.05) is 12.5 Å². The first-order valence-corrected chi connectivity index (χ1v) is 10.4. The van der Waals surface area contributed by atoms with Crippen molar-refractivity contribution in [3.05, 3.63) is 16.1 Å². The van der Waals surface area contributed by atoms with E-state index in [0.29, 0.717) is 6.61 Å². The maximum atomic E-state index is 6.18. The number of rotatable bonds is 5. The molecule has 1 aromatic heterocycles. The molecule has 0 fully saturated rings. The van der Waals surface area contributed by atoms with Gasteiger partial charge in [-0.2, -0.15) is 0 Å². The Morgan fingerprint density at radius 1 is 1.21 bits per heavy atom. The Balaban J connectivity index is 2.71. The van der Waals surface area contributed by atoms with Gasteiger partial charge < -0.3 is 9.16 Å². The third kappa shape index (κ3) is 4.11. The number of thiazole rings is 1. The molecule has 1 heterocycles. The molecule has 0 unspecified atom stereocenters. The van der Waals surface area contributed by atoms with Crippen LogP contribution in [-0.4, -0.2) is 20.4 Å². The Morgan fingerprint density at radius 3 is 2.26 bits per heavy atom. The van der Waals surface area contributed by atoms with Crippen LogP contribution in [-0.2, 0) is 21.4 Å². The van der Waals surface area contributed by atoms with Crippen molar-refractivity contribution in [2.75, 3.05) is 7.11 Å². The van der Waals surface area contributed by atoms with Crippen molar-refractivity contribution >= 4 is 19.7 Å². The second kappa shape index (κ2) is 5.64. The van der Waals surface area contributed by atoms with Gasteiger partial charge in [0.25, 0.3) is 0 Å². The zero-order valence-electron chi connectivity index (χ0n) is 13.5. The fraction of sp³-hybridized carbons (Fsp3) is 0.786. The first-order chi connectivity index (χ1) is 8.49. The quantitative estimate of drug-likeness (QED) is 0.748. The Hall–Kier alpha value is -0.233. The zero-order chi connectivity index (χ0) is 14.9. The first-order valence-electron chi connectivity index (χ1n) is 6.63. The van der Waals surface area contributed by atoms with E-state index in [0.717, 1.165) is 10.7 Å². The summed E-state index contributed by atoms with van der Waals surface area (Å²) in [6, 6.07) is 0. The van der Waals surface area contributed by atoms with Crippen LogP contribution in [0.3, 0.4) is 0 Å². The van der Waals surface area contributed by atoms with Crippen LogP contribution in [0.25, 0.3) is 0 Å². The summed E-state index contributed by atoms with van der Waals surface area (Å²) in [5, 5.41) is 3.31. The van der Waals surface area contributed by atoms with Crippen LogP contribution in [0.2, 0.25) is 18.1 Å². The molecule has 0 saturated heterocycles. The van der Waals surface area contributed by atoms with Crippen molar-refractivity contribution in [1.29, 1.82) is 0 Å². The van der Waals surface area contributed by atoms with Crippen molar-refractivity contribution in [2.45, 2.75) is 65.0 Å². The minimum Gasteiger partial charge on any atom is -0.411 e. The van der Waals surface area contributed by atoms with Gasteiger partial charge in [-0.1, -0.05) is 20.8 Å². The predicted molar refractivity (Wildman–Crippen MR) is 84.1 cm³/mol. The van der Waals surface area contributed by atoms with Gasteiger partial charge >= 0.3 is 0 Å². The Labute approximate surface area is 122 Å². The summed E-state index contributed by atoms with van der Waals surface area (Å²) in [4.78, 5) is 4.63. The normalized spacial score (nSPS) is 13.9. The number of nitrogens with zero attached hydrogens (tertiary/aromatic N) is 1. The largest absolute Gasteiger partial charge is 0.411 e. The van der Waals surface area contributed by atoms with E-state index in [-0.39, 0.29) is 10.6 Å². The van der Waals surface area contributed by atoms with E-state index >= 15 is 0 Å². The monoisotopic (exact) mass is 301 g/mol. The minimum atomic E-state index is -1.70. The van der Waals surface area contributed by atoms with Gasteiger partial charge in [0.05, 0.1) is 12.3 Å². The molecule has 0 aliphatic rings. The number of hydrogen-bond acceptors (Lipinski definition) is 4. The molecule has 0 saturated carbocycles. The standard InChI is InChI=1S/C14H27NO2SSi/c1-13(2,3)19(7,8)17-9-11-10-18-12(15-11)14(4,5)16-6/h10H,9H2,1-8H3. The molecule has 1 aromatic rings. The zero-order valence-corrected chi connectivity index (χ0v) is 15.3. The molecule has 3 nitrogen and oxygen atoms in total. The van der Waals surface area contributed by atoms with Crippen LogP contribution in [0.1, 0.15) is 45.3 Å². The number of aromatic nitrogens is 1. The van der Waals surface area contributed by atoms with E-state index in [1.165, 1.54) is 0 Å². The third-order valence-corrected chi connectivity index (χ3v) is 9.64. The van der Waals surface area contributed by atoms with Gasteiger partial charge in [-0.15, -0.1) is 11.3 Å². The van der Waals surface area contributed by atoms with E-state index in [2.05, 4.69) is 44.2 Å². The van der Waals surface area contributed by atoms with Crippen LogP contribution in [0.15, 0.2) is 5.38 Å². The molecule has 0 aliphatic heterocycles. The maximum Gasteiger partial charge on any atom is 0.192 e. The fourth-order valence-electron chi connectivity index (χ4n) is 1.21. The highest BCUT2D eigenvalue weighted by molar-refractivity contribution is 7.09. The third-order valence-electron chi connectivity index (χ3n) is 3.96. The van der Waals surface area contributed by atoms with Gasteiger partial charge in [0.15, 0.2) is 8.32 Å². The minimum absolute atomic E-state index is 0.234. The average Bonchev–Trinajstić information content (AvgIpc) is 2.74. The first kappa shape index (κ1) is 16.8. The van der Waals surface area contributed by atoms with E-state index in [9.17, 15) is 0 Å². The smallest absolute Gasteiger partial charge is 0.192 e. The Bertz CT molecular complexity index is 421. The molecule has 0 N–H and O–H groups in total. The second-order valence-electron chi connectivity index (χ2n) is 6.91. The lowest BCUT2D eigenvalue weighted by Crippen LogP contribution is -2.40. The van der Waals surface area contributed by atoms with E-state index < -0.39 is 8.32 Å². The van der Waals surface area contributed by atoms with Crippen LogP contribution in [0.4, 0.5) is 0 Å². The highest BCUT2D eigenvalue weighted by Gasteiger charge is 2.37. The summed E-state index contributed by atoms with van der Waals surface area (Å²) in [7, 11) is 0.0162. The van der Waals surface area contributed by atoms with Gasteiger partial charge in [-0.25, -0.2) is 4.98 Å². The van der Waals surface area contributed by atoms with Gasteiger partial charge in [-0.3, -0.25) is 0 Å². The van der Waals surface area contributed by atoms with Crippen LogP contribution in [0, 0.1) is 0 Å². The van der Waals surface area contributed by atoms with Crippen molar-refractivity contribution in [1.82, 2.24) is 4.98 Å². The number of ether oxygens (including phenoxy) is 1. The number of methoxy groups -OCH3 is 1. The molecular weight excluding hydrogens is 274 g/mol. The van der Waals surface area contributed by atoms with E-state index in [1.807, 2.05) is 13.8 Å². The molecule has 0 spiro atoms. The van der Waals surface area contributed by atoms with Crippen molar-refractivity contribution < 1.29 is 9.16 Å². The molecule has 5 heteroatoms. The van der Waals surface area contributed by atoms with Crippen molar-refractivity contribution in [2.24, 2.45) is 0 Å². The molecule has 0 atom stereocenters. The summed E-state index contributed by atoms with van der Waals surface area (Å²) >= 11 is 1.64. The lowest BCUT2D eigenvalue weighted by atomic mass is 10.1. The molecule has 110 valence electrons. The maximum absolute atomic E-state index is 6.18. The Morgan fingerprint density at radius 2 is 1.79 bits per heavy atom. The lowest BCUT2D eigenvalue weighted by Gasteiger charge is -2.35. The van der Waals surface area contributed by atoms with E-state index in [4.69, 9.17) is 9.16 Å². The lowest BCUT2D eigenvalue weighted by molar-refractivity contribution is 0.0188. The van der Waals surface area contributed by atoms with Crippen LogP contribution >= 0.6 is 11.3 Å². The molecule has 0 aliphatic carbocycles. The number of hydrogen-bond donors (Lipinski definition) is 0. The molecule has 0 radical (unpaired) electrons. The van der Waals surface area contributed by atoms with Crippen molar-refractivity contribution in [3.63, 3.8) is 0 Å². The second-order valence-corrected chi connectivity index (χ2v) is 12.6. The van der Waals surface area contributed by atoms with Crippen LogP contribution < -0.4 is 0 Å². The predicted octanol–water partition coefficient (Wildman–Crippen LogP) is 4.55. The van der Waals surface area contributed by atoms with Crippen LogP contribution in [0.5, 0.6) is 0 Å². The molecule has 0 amide bonds. The summed E-state index contributed by atoms with van der Waals surface area (Å²) in [6.45, 7) is 15.9. The Kier molecular flexibility index (Phi) is 4.99. The molecule has 19 heavy (non-hydrogen) atoms. The average molecular weight is 302 g/mol. The van der Waals surface area contributed by atoms with Crippen molar-refractivity contribution in [3.8, 4) is 0 Å². The SMILES string of the molecule is COC(C)(C)c1nc(CO[Si](C)(C)C(C)(C)C)cs1. The topological polar surface area (TPSA) is 31.4 Å². The van der Waals surface area contributed by atoms with Gasteiger partial charge in [-0.05, 0) is 32.0 Å². The van der Waals surface area contributed by atoms with Gasteiger partial charge in [0.1, 0.15) is 10.6 Å². The molecule has 0 aromatic carbocycles. The summed E-state index contributed by atoms with van der Waals surface area (Å²) < 4.78 is 11.6.